The zero-order chi connectivity index (χ0) is 14.0. The highest BCUT2D eigenvalue weighted by atomic mass is 79.9. The van der Waals surface area contributed by atoms with Gasteiger partial charge in [0.05, 0.1) is 20.3 Å². The fourth-order valence-corrected chi connectivity index (χ4v) is 3.14. The van der Waals surface area contributed by atoms with Gasteiger partial charge >= 0.3 is 0 Å². The van der Waals surface area contributed by atoms with Crippen molar-refractivity contribution in [3.63, 3.8) is 0 Å². The van der Waals surface area contributed by atoms with Gasteiger partial charge in [-0.3, -0.25) is 4.79 Å². The molecule has 0 aliphatic rings. The number of nitrogens with zero attached hydrogens (tertiary/aromatic N) is 2. The molecule has 0 saturated heterocycles. The highest BCUT2D eigenvalue weighted by Crippen LogP contribution is 2.29. The Morgan fingerprint density at radius 2 is 2.16 bits per heavy atom. The third kappa shape index (κ3) is 2.86. The van der Waals surface area contributed by atoms with Crippen molar-refractivity contribution in [2.24, 2.45) is 0 Å². The van der Waals surface area contributed by atoms with E-state index in [0.717, 1.165) is 9.35 Å². The van der Waals surface area contributed by atoms with Crippen molar-refractivity contribution in [1.29, 1.82) is 5.26 Å². The second-order valence-electron chi connectivity index (χ2n) is 4.09. The van der Waals surface area contributed by atoms with Gasteiger partial charge in [-0.2, -0.15) is 5.26 Å². The maximum Gasteiger partial charge on any atom is 0.268 e. The normalized spacial score (nSPS) is 10.0. The number of thiophene rings is 1. The molecule has 96 valence electrons. The molecule has 1 aromatic heterocycles. The van der Waals surface area contributed by atoms with Crippen LogP contribution in [0.5, 0.6) is 0 Å². The molecule has 19 heavy (non-hydrogen) atoms. The van der Waals surface area contributed by atoms with Gasteiger partial charge in [0, 0.05) is 12.7 Å². The molecule has 0 atom stereocenters. The third-order valence-electron chi connectivity index (χ3n) is 2.74. The van der Waals surface area contributed by atoms with Gasteiger partial charge in [-0.05, 0) is 52.7 Å². The molecule has 0 aliphatic heterocycles. The second kappa shape index (κ2) is 5.55. The highest BCUT2D eigenvalue weighted by Gasteiger charge is 2.17. The molecule has 3 nitrogen and oxygen atoms in total. The lowest BCUT2D eigenvalue weighted by Gasteiger charge is -2.16. The Morgan fingerprint density at radius 3 is 2.74 bits per heavy atom. The number of halogens is 1. The second-order valence-corrected chi connectivity index (χ2v) is 6.46. The molecular formula is C14H11BrN2OS. The average Bonchev–Trinajstić information content (AvgIpc) is 2.77. The molecule has 0 unspecified atom stereocenters. The SMILES string of the molecule is Cc1cc(C(=O)N(C)c2cccc(C#N)c2)sc1Br. The Kier molecular flexibility index (Phi) is 4.03. The molecule has 5 heteroatoms. The minimum atomic E-state index is -0.0751. The Labute approximate surface area is 124 Å². The first kappa shape index (κ1) is 13.8. The molecule has 0 bridgehead atoms. The number of carbonyl (C=O) groups excluding carboxylic acids is 1. The van der Waals surface area contributed by atoms with E-state index >= 15 is 0 Å². The Hall–Kier alpha value is -1.64. The van der Waals surface area contributed by atoms with E-state index in [9.17, 15) is 4.79 Å². The smallest absolute Gasteiger partial charge is 0.268 e. The number of rotatable bonds is 2. The predicted molar refractivity (Wildman–Crippen MR) is 80.6 cm³/mol. The lowest BCUT2D eigenvalue weighted by atomic mass is 10.2. The molecule has 0 spiro atoms. The summed E-state index contributed by atoms with van der Waals surface area (Å²) in [7, 11) is 1.71. The lowest BCUT2D eigenvalue weighted by molar-refractivity contribution is 0.0997. The van der Waals surface area contributed by atoms with Crippen LogP contribution in [0.15, 0.2) is 34.1 Å². The first-order valence-corrected chi connectivity index (χ1v) is 7.18. The Morgan fingerprint density at radius 1 is 1.42 bits per heavy atom. The van der Waals surface area contributed by atoms with E-state index in [2.05, 4.69) is 22.0 Å². The van der Waals surface area contributed by atoms with Crippen molar-refractivity contribution in [2.75, 3.05) is 11.9 Å². The number of nitriles is 1. The standard InChI is InChI=1S/C14H11BrN2OS/c1-9-6-12(19-13(9)15)14(18)17(2)11-5-3-4-10(7-11)8-16/h3-7H,1-2H3. The van der Waals surface area contributed by atoms with E-state index in [0.29, 0.717) is 16.1 Å². The molecule has 2 aromatic rings. The number of hydrogen-bond acceptors (Lipinski definition) is 3. The van der Waals surface area contributed by atoms with E-state index in [4.69, 9.17) is 5.26 Å². The maximum absolute atomic E-state index is 12.3. The lowest BCUT2D eigenvalue weighted by Crippen LogP contribution is -2.25. The van der Waals surface area contributed by atoms with Crippen molar-refractivity contribution < 1.29 is 4.79 Å². The largest absolute Gasteiger partial charge is 0.311 e. The van der Waals surface area contributed by atoms with Crippen molar-refractivity contribution in [1.82, 2.24) is 0 Å². The zero-order valence-electron chi connectivity index (χ0n) is 10.5. The molecule has 0 radical (unpaired) electrons. The van der Waals surface area contributed by atoms with E-state index < -0.39 is 0 Å². The summed E-state index contributed by atoms with van der Waals surface area (Å²) in [6, 6.07) is 10.9. The Balaban J connectivity index is 2.30. The predicted octanol–water partition coefficient (Wildman–Crippen LogP) is 3.97. The third-order valence-corrected chi connectivity index (χ3v) is 4.86. The van der Waals surface area contributed by atoms with Gasteiger partial charge in [0.2, 0.25) is 0 Å². The van der Waals surface area contributed by atoms with Crippen LogP contribution >= 0.6 is 27.3 Å². The van der Waals surface area contributed by atoms with Gasteiger partial charge in [0.15, 0.2) is 0 Å². The molecule has 2 rings (SSSR count). The van der Waals surface area contributed by atoms with Gasteiger partial charge in [-0.25, -0.2) is 0 Å². The van der Waals surface area contributed by atoms with Crippen LogP contribution in [0, 0.1) is 18.3 Å². The van der Waals surface area contributed by atoms with Crippen LogP contribution in [0.25, 0.3) is 0 Å². The minimum absolute atomic E-state index is 0.0751. The summed E-state index contributed by atoms with van der Waals surface area (Å²) in [5.41, 5.74) is 2.31. The molecule has 1 amide bonds. The van der Waals surface area contributed by atoms with Crippen LogP contribution in [0.2, 0.25) is 0 Å². The first-order chi connectivity index (χ1) is 9.02. The van der Waals surface area contributed by atoms with Gasteiger partial charge in [-0.15, -0.1) is 11.3 Å². The van der Waals surface area contributed by atoms with Crippen LogP contribution in [-0.4, -0.2) is 13.0 Å². The zero-order valence-corrected chi connectivity index (χ0v) is 12.9. The first-order valence-electron chi connectivity index (χ1n) is 5.57. The summed E-state index contributed by atoms with van der Waals surface area (Å²) < 4.78 is 0.968. The van der Waals surface area contributed by atoms with Gasteiger partial charge in [-0.1, -0.05) is 6.07 Å². The minimum Gasteiger partial charge on any atom is -0.311 e. The summed E-state index contributed by atoms with van der Waals surface area (Å²) in [6.45, 7) is 1.95. The number of carbonyl (C=O) groups is 1. The van der Waals surface area contributed by atoms with Crippen molar-refractivity contribution in [3.8, 4) is 6.07 Å². The van der Waals surface area contributed by atoms with Crippen LogP contribution in [-0.2, 0) is 0 Å². The summed E-state index contributed by atoms with van der Waals surface area (Å²) in [5.74, 6) is -0.0751. The maximum atomic E-state index is 12.3. The van der Waals surface area contributed by atoms with Gasteiger partial charge in [0.25, 0.3) is 5.91 Å². The summed E-state index contributed by atoms with van der Waals surface area (Å²) in [6.07, 6.45) is 0. The fourth-order valence-electron chi connectivity index (χ4n) is 1.63. The van der Waals surface area contributed by atoms with E-state index in [-0.39, 0.29) is 5.91 Å². The van der Waals surface area contributed by atoms with E-state index in [1.54, 1.807) is 30.1 Å². The van der Waals surface area contributed by atoms with Crippen molar-refractivity contribution in [2.45, 2.75) is 6.92 Å². The summed E-state index contributed by atoms with van der Waals surface area (Å²) in [5, 5.41) is 8.88. The monoisotopic (exact) mass is 334 g/mol. The molecular weight excluding hydrogens is 324 g/mol. The molecule has 0 fully saturated rings. The molecule has 1 aromatic carbocycles. The topological polar surface area (TPSA) is 44.1 Å². The van der Waals surface area contributed by atoms with E-state index in [1.165, 1.54) is 11.3 Å². The summed E-state index contributed by atoms with van der Waals surface area (Å²) >= 11 is 4.83. The highest BCUT2D eigenvalue weighted by molar-refractivity contribution is 9.11. The van der Waals surface area contributed by atoms with E-state index in [1.807, 2.05) is 19.1 Å². The van der Waals surface area contributed by atoms with Crippen LogP contribution in [0.1, 0.15) is 20.8 Å². The average molecular weight is 335 g/mol. The van der Waals surface area contributed by atoms with Crippen LogP contribution in [0.3, 0.4) is 0 Å². The van der Waals surface area contributed by atoms with Gasteiger partial charge in [0.1, 0.15) is 0 Å². The van der Waals surface area contributed by atoms with Crippen LogP contribution < -0.4 is 4.90 Å². The van der Waals surface area contributed by atoms with Gasteiger partial charge < -0.3 is 4.90 Å². The quantitative estimate of drug-likeness (QED) is 0.834. The fraction of sp³-hybridized carbons (Fsp3) is 0.143. The molecule has 0 aliphatic carbocycles. The molecule has 0 saturated carbocycles. The summed E-state index contributed by atoms with van der Waals surface area (Å²) in [4.78, 5) is 14.6. The number of amides is 1. The molecule has 0 N–H and O–H groups in total. The number of hydrogen-bond donors (Lipinski definition) is 0. The van der Waals surface area contributed by atoms with Crippen molar-refractivity contribution in [3.05, 3.63) is 50.1 Å². The number of aryl methyl sites for hydroxylation is 1. The van der Waals surface area contributed by atoms with Crippen molar-refractivity contribution >= 4 is 38.9 Å². The molecule has 1 heterocycles. The Bertz CT molecular complexity index is 653. The van der Waals surface area contributed by atoms with Crippen LogP contribution in [0.4, 0.5) is 5.69 Å². The number of benzene rings is 1. The number of anilines is 1.